The van der Waals surface area contributed by atoms with Crippen LogP contribution >= 0.6 is 24.0 Å². The number of likely N-dealkylation sites (tertiary alicyclic amines) is 1. The van der Waals surface area contributed by atoms with Gasteiger partial charge in [0.05, 0.1) is 0 Å². The van der Waals surface area contributed by atoms with Gasteiger partial charge in [0.25, 0.3) is 0 Å². The molecule has 0 amide bonds. The van der Waals surface area contributed by atoms with Crippen LogP contribution in [0, 0.1) is 5.41 Å². The minimum atomic E-state index is 0. The highest BCUT2D eigenvalue weighted by Gasteiger charge is 2.41. The van der Waals surface area contributed by atoms with E-state index in [9.17, 15) is 0 Å². The molecule has 2 nitrogen and oxygen atoms in total. The van der Waals surface area contributed by atoms with Crippen molar-refractivity contribution in [2.45, 2.75) is 25.8 Å². The van der Waals surface area contributed by atoms with Gasteiger partial charge in [0, 0.05) is 24.2 Å². The summed E-state index contributed by atoms with van der Waals surface area (Å²) >= 11 is 6.31. The molecule has 0 aromatic heterocycles. The third kappa shape index (κ3) is 2.92. The van der Waals surface area contributed by atoms with E-state index in [4.69, 9.17) is 11.6 Å². The molecule has 4 heteroatoms. The normalized spacial score (nSPS) is 28.5. The van der Waals surface area contributed by atoms with Gasteiger partial charge < -0.3 is 5.32 Å². The Morgan fingerprint density at radius 3 is 2.79 bits per heavy atom. The Hall–Kier alpha value is -0.280. The summed E-state index contributed by atoms with van der Waals surface area (Å²) in [4.78, 5) is 2.59. The van der Waals surface area contributed by atoms with Crippen LogP contribution in [-0.2, 0) is 0 Å². The van der Waals surface area contributed by atoms with Gasteiger partial charge in [-0.15, -0.1) is 12.4 Å². The summed E-state index contributed by atoms with van der Waals surface area (Å²) < 4.78 is 0. The zero-order valence-electron chi connectivity index (χ0n) is 11.4. The van der Waals surface area contributed by atoms with Gasteiger partial charge in [0.15, 0.2) is 0 Å². The van der Waals surface area contributed by atoms with E-state index in [1.165, 1.54) is 44.6 Å². The molecule has 1 N–H and O–H groups in total. The summed E-state index contributed by atoms with van der Waals surface area (Å²) in [5.74, 6) is 0. The molecule has 3 rings (SSSR count). The van der Waals surface area contributed by atoms with Crippen molar-refractivity contribution in [2.24, 2.45) is 5.41 Å². The second kappa shape index (κ2) is 6.01. The maximum Gasteiger partial charge on any atom is 0.0453 e. The number of hydrogen-bond donors (Lipinski definition) is 1. The molecule has 1 aromatic rings. The van der Waals surface area contributed by atoms with E-state index in [2.05, 4.69) is 29.3 Å². The third-order valence-corrected chi connectivity index (χ3v) is 5.05. The predicted molar refractivity (Wildman–Crippen MR) is 83.2 cm³/mol. The fraction of sp³-hybridized carbons (Fsp3) is 0.600. The second-order valence-electron chi connectivity index (χ2n) is 5.84. The lowest BCUT2D eigenvalue weighted by molar-refractivity contribution is 0.224. The molecular weight excluding hydrogens is 279 g/mol. The molecule has 19 heavy (non-hydrogen) atoms. The van der Waals surface area contributed by atoms with Gasteiger partial charge in [0.2, 0.25) is 0 Å². The Morgan fingerprint density at radius 2 is 2.11 bits per heavy atom. The molecule has 0 aliphatic carbocycles. The first-order valence-corrected chi connectivity index (χ1v) is 7.27. The van der Waals surface area contributed by atoms with Gasteiger partial charge in [-0.05, 0) is 49.9 Å². The van der Waals surface area contributed by atoms with Gasteiger partial charge in [-0.3, -0.25) is 4.90 Å². The summed E-state index contributed by atoms with van der Waals surface area (Å²) in [6, 6.07) is 8.67. The molecule has 2 heterocycles. The smallest absolute Gasteiger partial charge is 0.0453 e. The van der Waals surface area contributed by atoms with E-state index in [-0.39, 0.29) is 12.4 Å². The molecule has 2 atom stereocenters. The number of nitrogens with one attached hydrogen (secondary N) is 1. The first-order valence-electron chi connectivity index (χ1n) is 6.89. The largest absolute Gasteiger partial charge is 0.316 e. The van der Waals surface area contributed by atoms with Crippen molar-refractivity contribution in [2.75, 3.05) is 26.2 Å². The average Bonchev–Trinajstić information content (AvgIpc) is 3.00. The number of benzene rings is 1. The van der Waals surface area contributed by atoms with Gasteiger partial charge in [-0.1, -0.05) is 29.8 Å². The van der Waals surface area contributed by atoms with Crippen LogP contribution in [0.4, 0.5) is 0 Å². The highest BCUT2D eigenvalue weighted by molar-refractivity contribution is 6.31. The van der Waals surface area contributed by atoms with Crippen molar-refractivity contribution in [3.05, 3.63) is 34.9 Å². The second-order valence-corrected chi connectivity index (χ2v) is 6.25. The summed E-state index contributed by atoms with van der Waals surface area (Å²) in [5.41, 5.74) is 1.80. The van der Waals surface area contributed by atoms with E-state index >= 15 is 0 Å². The van der Waals surface area contributed by atoms with Crippen LogP contribution in [0.1, 0.15) is 31.4 Å². The first kappa shape index (κ1) is 15.1. The Morgan fingerprint density at radius 1 is 1.32 bits per heavy atom. The summed E-state index contributed by atoms with van der Waals surface area (Å²) in [7, 11) is 0. The average molecular weight is 301 g/mol. The zero-order valence-corrected chi connectivity index (χ0v) is 12.9. The lowest BCUT2D eigenvalue weighted by Gasteiger charge is -2.28. The maximum absolute atomic E-state index is 6.31. The lowest BCUT2D eigenvalue weighted by Crippen LogP contribution is -2.30. The maximum atomic E-state index is 6.31. The van der Waals surface area contributed by atoms with E-state index in [1.807, 2.05) is 12.1 Å². The topological polar surface area (TPSA) is 15.3 Å². The van der Waals surface area contributed by atoms with Crippen LogP contribution in [0.5, 0.6) is 0 Å². The van der Waals surface area contributed by atoms with E-state index in [1.54, 1.807) is 0 Å². The van der Waals surface area contributed by atoms with Gasteiger partial charge in [0.1, 0.15) is 0 Å². The fourth-order valence-corrected chi connectivity index (χ4v) is 3.75. The van der Waals surface area contributed by atoms with Crippen molar-refractivity contribution in [1.82, 2.24) is 10.2 Å². The quantitative estimate of drug-likeness (QED) is 0.899. The molecule has 2 aliphatic rings. The standard InChI is InChI=1S/C15H21ClN2.ClH/c1-12(13-4-2-3-5-14(13)16)18-9-7-15(11-18)6-8-17-10-15;/h2-5,12,17H,6-11H2,1H3;1H. The van der Waals surface area contributed by atoms with Crippen LogP contribution < -0.4 is 5.32 Å². The Kier molecular flexibility index (Phi) is 4.78. The molecule has 1 spiro atoms. The van der Waals surface area contributed by atoms with Crippen LogP contribution in [0.2, 0.25) is 5.02 Å². The predicted octanol–water partition coefficient (Wildman–Crippen LogP) is 3.51. The van der Waals surface area contributed by atoms with Crippen LogP contribution in [0.15, 0.2) is 24.3 Å². The van der Waals surface area contributed by atoms with Gasteiger partial charge in [-0.25, -0.2) is 0 Å². The first-order chi connectivity index (χ1) is 8.70. The summed E-state index contributed by atoms with van der Waals surface area (Å²) in [5, 5.41) is 4.41. The Bertz CT molecular complexity index is 430. The highest BCUT2D eigenvalue weighted by Crippen LogP contribution is 2.40. The van der Waals surface area contributed by atoms with Crippen LogP contribution in [-0.4, -0.2) is 31.1 Å². The minimum Gasteiger partial charge on any atom is -0.316 e. The van der Waals surface area contributed by atoms with Crippen molar-refractivity contribution in [3.63, 3.8) is 0 Å². The van der Waals surface area contributed by atoms with Crippen LogP contribution in [0.3, 0.4) is 0 Å². The van der Waals surface area contributed by atoms with Gasteiger partial charge in [-0.2, -0.15) is 0 Å². The fourth-order valence-electron chi connectivity index (χ4n) is 3.45. The SMILES string of the molecule is CC(c1ccccc1Cl)N1CCC2(CCNC2)C1.Cl. The van der Waals surface area contributed by atoms with Gasteiger partial charge >= 0.3 is 0 Å². The van der Waals surface area contributed by atoms with Crippen molar-refractivity contribution < 1.29 is 0 Å². The Balaban J connectivity index is 0.00000133. The van der Waals surface area contributed by atoms with Crippen molar-refractivity contribution >= 4 is 24.0 Å². The number of halogens is 2. The molecule has 2 saturated heterocycles. The number of rotatable bonds is 2. The number of hydrogen-bond acceptors (Lipinski definition) is 2. The summed E-state index contributed by atoms with van der Waals surface area (Å²) in [6.07, 6.45) is 2.66. The summed E-state index contributed by atoms with van der Waals surface area (Å²) in [6.45, 7) is 7.08. The highest BCUT2D eigenvalue weighted by atomic mass is 35.5. The monoisotopic (exact) mass is 300 g/mol. The molecule has 106 valence electrons. The van der Waals surface area contributed by atoms with Crippen molar-refractivity contribution in [3.8, 4) is 0 Å². The van der Waals surface area contributed by atoms with Crippen LogP contribution in [0.25, 0.3) is 0 Å². The molecule has 1 aromatic carbocycles. The van der Waals surface area contributed by atoms with Crippen molar-refractivity contribution in [1.29, 1.82) is 0 Å². The molecule has 0 radical (unpaired) electrons. The molecule has 0 bridgehead atoms. The van der Waals surface area contributed by atoms with E-state index in [0.29, 0.717) is 11.5 Å². The minimum absolute atomic E-state index is 0. The molecule has 2 fully saturated rings. The lowest BCUT2D eigenvalue weighted by atomic mass is 9.86. The third-order valence-electron chi connectivity index (χ3n) is 4.70. The Labute approximate surface area is 126 Å². The zero-order chi connectivity index (χ0) is 12.6. The molecule has 0 saturated carbocycles. The molecular formula is C15H22Cl2N2. The number of nitrogens with zero attached hydrogens (tertiary/aromatic N) is 1. The molecule has 2 unspecified atom stereocenters. The molecule has 2 aliphatic heterocycles. The van der Waals surface area contributed by atoms with E-state index < -0.39 is 0 Å². The van der Waals surface area contributed by atoms with E-state index in [0.717, 1.165) is 5.02 Å².